The van der Waals surface area contributed by atoms with Crippen molar-refractivity contribution in [3.05, 3.63) is 34.2 Å². The summed E-state index contributed by atoms with van der Waals surface area (Å²) in [6, 6.07) is 5.77. The molecule has 0 bridgehead atoms. The molecule has 0 aliphatic carbocycles. The van der Waals surface area contributed by atoms with E-state index in [9.17, 15) is 9.59 Å². The molecule has 1 fully saturated rings. The van der Waals surface area contributed by atoms with Crippen LogP contribution in [0.4, 0.5) is 4.79 Å². The third kappa shape index (κ3) is 1.93. The fourth-order valence-corrected chi connectivity index (χ4v) is 2.55. The van der Waals surface area contributed by atoms with Gasteiger partial charge in [0.2, 0.25) is 0 Å². The van der Waals surface area contributed by atoms with Crippen LogP contribution < -0.4 is 10.1 Å². The van der Waals surface area contributed by atoms with Gasteiger partial charge in [0.05, 0.1) is 11.5 Å². The molecule has 0 radical (unpaired) electrons. The number of rotatable bonds is 1. The van der Waals surface area contributed by atoms with Crippen molar-refractivity contribution >= 4 is 29.0 Å². The maximum absolute atomic E-state index is 11.4. The molecule has 2 aliphatic rings. The van der Waals surface area contributed by atoms with Gasteiger partial charge >= 0.3 is 0 Å². The second-order valence-electron chi connectivity index (χ2n) is 3.82. The number of hydrogen-bond acceptors (Lipinski definition) is 4. The molecule has 2 aliphatic heterocycles. The highest BCUT2D eigenvalue weighted by molar-refractivity contribution is 8.18. The zero-order valence-electron chi connectivity index (χ0n) is 8.86. The quantitative estimate of drug-likeness (QED) is 0.771. The van der Waals surface area contributed by atoms with Gasteiger partial charge in [-0.3, -0.25) is 14.9 Å². The Balaban J connectivity index is 1.93. The predicted molar refractivity (Wildman–Crippen MR) is 64.7 cm³/mol. The van der Waals surface area contributed by atoms with Gasteiger partial charge < -0.3 is 4.74 Å². The van der Waals surface area contributed by atoms with E-state index in [0.29, 0.717) is 11.5 Å². The van der Waals surface area contributed by atoms with Crippen LogP contribution in [0.1, 0.15) is 11.1 Å². The van der Waals surface area contributed by atoms with Crippen molar-refractivity contribution in [2.75, 3.05) is 6.61 Å². The molecule has 0 aromatic heterocycles. The molecular formula is C12H9NO3S. The Morgan fingerprint density at radius 1 is 1.35 bits per heavy atom. The van der Waals surface area contributed by atoms with Gasteiger partial charge in [-0.05, 0) is 41.1 Å². The van der Waals surface area contributed by atoms with Crippen LogP contribution in [0.2, 0.25) is 0 Å². The number of carbonyl (C=O) groups excluding carboxylic acids is 2. The van der Waals surface area contributed by atoms with E-state index in [-0.39, 0.29) is 11.1 Å². The third-order valence-corrected chi connectivity index (χ3v) is 3.46. The SMILES string of the molecule is O=C1NC(=O)/C(=C/c2ccc3c(c2)CCO3)S1. The summed E-state index contributed by atoms with van der Waals surface area (Å²) in [5.74, 6) is 0.587. The monoisotopic (exact) mass is 247 g/mol. The van der Waals surface area contributed by atoms with E-state index in [1.54, 1.807) is 6.08 Å². The van der Waals surface area contributed by atoms with Crippen LogP contribution >= 0.6 is 11.8 Å². The molecule has 0 saturated carbocycles. The number of benzene rings is 1. The van der Waals surface area contributed by atoms with E-state index in [2.05, 4.69) is 5.32 Å². The van der Waals surface area contributed by atoms with Crippen molar-refractivity contribution in [1.29, 1.82) is 0 Å². The van der Waals surface area contributed by atoms with Crippen LogP contribution in [0.3, 0.4) is 0 Å². The van der Waals surface area contributed by atoms with Crippen LogP contribution in [0.25, 0.3) is 6.08 Å². The highest BCUT2D eigenvalue weighted by Gasteiger charge is 2.25. The average Bonchev–Trinajstić information content (AvgIpc) is 2.85. The summed E-state index contributed by atoms with van der Waals surface area (Å²) in [6.07, 6.45) is 2.62. The Kier molecular flexibility index (Phi) is 2.40. The molecule has 17 heavy (non-hydrogen) atoms. The lowest BCUT2D eigenvalue weighted by atomic mass is 10.1. The second-order valence-corrected chi connectivity index (χ2v) is 4.83. The van der Waals surface area contributed by atoms with Crippen LogP contribution in [0.15, 0.2) is 23.1 Å². The lowest BCUT2D eigenvalue weighted by molar-refractivity contribution is -0.115. The van der Waals surface area contributed by atoms with Crippen LogP contribution in [0.5, 0.6) is 5.75 Å². The molecule has 1 saturated heterocycles. The maximum atomic E-state index is 11.4. The summed E-state index contributed by atoms with van der Waals surface area (Å²) in [7, 11) is 0. The fourth-order valence-electron chi connectivity index (χ4n) is 1.87. The van der Waals surface area contributed by atoms with E-state index < -0.39 is 0 Å². The first-order valence-electron chi connectivity index (χ1n) is 5.23. The Hall–Kier alpha value is -1.75. The van der Waals surface area contributed by atoms with E-state index in [4.69, 9.17) is 4.74 Å². The molecule has 1 aromatic carbocycles. The third-order valence-electron chi connectivity index (χ3n) is 2.65. The van der Waals surface area contributed by atoms with Crippen LogP contribution in [-0.2, 0) is 11.2 Å². The number of imide groups is 1. The van der Waals surface area contributed by atoms with E-state index >= 15 is 0 Å². The Morgan fingerprint density at radius 3 is 3.00 bits per heavy atom. The molecule has 86 valence electrons. The number of amides is 2. The van der Waals surface area contributed by atoms with Gasteiger partial charge in [-0.1, -0.05) is 6.07 Å². The zero-order valence-corrected chi connectivity index (χ0v) is 9.67. The smallest absolute Gasteiger partial charge is 0.290 e. The predicted octanol–water partition coefficient (Wildman–Crippen LogP) is 1.95. The van der Waals surface area contributed by atoms with E-state index in [1.165, 1.54) is 0 Å². The number of carbonyl (C=O) groups is 2. The van der Waals surface area contributed by atoms with Gasteiger partial charge in [0.25, 0.3) is 11.1 Å². The average molecular weight is 247 g/mol. The maximum Gasteiger partial charge on any atom is 0.290 e. The molecule has 4 nitrogen and oxygen atoms in total. The van der Waals surface area contributed by atoms with Gasteiger partial charge in [0, 0.05) is 6.42 Å². The van der Waals surface area contributed by atoms with Gasteiger partial charge in [-0.25, -0.2) is 0 Å². The molecule has 0 unspecified atom stereocenters. The number of hydrogen-bond donors (Lipinski definition) is 1. The minimum absolute atomic E-state index is 0.314. The van der Waals surface area contributed by atoms with Crippen LogP contribution in [0, 0.1) is 0 Å². The van der Waals surface area contributed by atoms with Crippen molar-refractivity contribution in [3.8, 4) is 5.75 Å². The summed E-state index contributed by atoms with van der Waals surface area (Å²) in [5.41, 5.74) is 2.07. The van der Waals surface area contributed by atoms with E-state index in [0.717, 1.165) is 35.1 Å². The van der Waals surface area contributed by atoms with Gasteiger partial charge in [-0.15, -0.1) is 0 Å². The van der Waals surface area contributed by atoms with Crippen molar-refractivity contribution in [1.82, 2.24) is 5.32 Å². The summed E-state index contributed by atoms with van der Waals surface area (Å²) in [6.45, 7) is 0.711. The lowest BCUT2D eigenvalue weighted by Gasteiger charge is -2.00. The number of thioether (sulfide) groups is 1. The molecule has 2 heterocycles. The zero-order chi connectivity index (χ0) is 11.8. The summed E-state index contributed by atoms with van der Waals surface area (Å²) in [4.78, 5) is 22.8. The summed E-state index contributed by atoms with van der Waals surface area (Å²) in [5, 5.41) is 1.92. The molecule has 5 heteroatoms. The molecular weight excluding hydrogens is 238 g/mol. The fraction of sp³-hybridized carbons (Fsp3) is 0.167. The number of nitrogens with one attached hydrogen (secondary N) is 1. The van der Waals surface area contributed by atoms with Crippen molar-refractivity contribution in [3.63, 3.8) is 0 Å². The van der Waals surface area contributed by atoms with Crippen LogP contribution in [-0.4, -0.2) is 17.8 Å². The van der Waals surface area contributed by atoms with Gasteiger partial charge in [-0.2, -0.15) is 0 Å². The van der Waals surface area contributed by atoms with Gasteiger partial charge in [0.15, 0.2) is 0 Å². The molecule has 1 aromatic rings. The molecule has 0 spiro atoms. The molecule has 2 amide bonds. The van der Waals surface area contributed by atoms with Gasteiger partial charge in [0.1, 0.15) is 5.75 Å². The molecule has 0 atom stereocenters. The first kappa shape index (κ1) is 10.4. The first-order chi connectivity index (χ1) is 8.22. The van der Waals surface area contributed by atoms with Crippen molar-refractivity contribution in [2.24, 2.45) is 0 Å². The summed E-state index contributed by atoms with van der Waals surface area (Å²) < 4.78 is 5.40. The Bertz CT molecular complexity index is 551. The van der Waals surface area contributed by atoms with Crippen molar-refractivity contribution < 1.29 is 14.3 Å². The number of fused-ring (bicyclic) bond motifs is 1. The highest BCUT2D eigenvalue weighted by Crippen LogP contribution is 2.29. The minimum atomic E-state index is -0.322. The Morgan fingerprint density at radius 2 is 2.24 bits per heavy atom. The second kappa shape index (κ2) is 3.92. The Labute approximate surface area is 102 Å². The number of ether oxygens (including phenoxy) is 1. The highest BCUT2D eigenvalue weighted by atomic mass is 32.2. The summed E-state index contributed by atoms with van der Waals surface area (Å²) >= 11 is 0.932. The van der Waals surface area contributed by atoms with E-state index in [1.807, 2.05) is 18.2 Å². The molecule has 1 N–H and O–H groups in total. The molecule has 3 rings (SSSR count). The standard InChI is InChI=1S/C12H9NO3S/c14-11-10(17-12(15)13-11)6-7-1-2-9-8(5-7)3-4-16-9/h1-2,5-6H,3-4H2,(H,13,14,15)/b10-6-. The topological polar surface area (TPSA) is 55.4 Å². The largest absolute Gasteiger partial charge is 0.493 e. The minimum Gasteiger partial charge on any atom is -0.493 e. The lowest BCUT2D eigenvalue weighted by Crippen LogP contribution is -2.17. The first-order valence-corrected chi connectivity index (χ1v) is 6.04. The van der Waals surface area contributed by atoms with Crippen molar-refractivity contribution in [2.45, 2.75) is 6.42 Å². The normalized spacial score (nSPS) is 20.4.